The van der Waals surface area contributed by atoms with Crippen LogP contribution >= 0.6 is 0 Å². The van der Waals surface area contributed by atoms with E-state index in [0.717, 1.165) is 13.0 Å². The van der Waals surface area contributed by atoms with Gasteiger partial charge in [0.15, 0.2) is 6.20 Å². The summed E-state index contributed by atoms with van der Waals surface area (Å²) >= 11 is 0. The number of nitrogens with zero attached hydrogens (tertiary/aromatic N) is 1. The number of hydrogen-bond acceptors (Lipinski definition) is 2. The Kier molecular flexibility index (Phi) is 3.77. The third-order valence-electron chi connectivity index (χ3n) is 2.14. The van der Waals surface area contributed by atoms with Gasteiger partial charge in [-0.15, -0.1) is 0 Å². The van der Waals surface area contributed by atoms with Gasteiger partial charge in [0.05, 0.1) is 7.11 Å². The lowest BCUT2D eigenvalue weighted by Crippen LogP contribution is -2.35. The molecule has 4 heteroatoms. The third-order valence-corrected chi connectivity index (χ3v) is 2.14. The molecule has 1 aromatic rings. The Morgan fingerprint density at radius 2 is 2.20 bits per heavy atom. The number of aromatic nitrogens is 1. The molecular formula is C11H15FNO2+. The Balaban J connectivity index is 3.15. The van der Waals surface area contributed by atoms with Crippen LogP contribution in [-0.4, -0.2) is 13.1 Å². The molecule has 0 radical (unpaired) electrons. The summed E-state index contributed by atoms with van der Waals surface area (Å²) in [5, 5.41) is 0. The largest absolute Gasteiger partial charge is 0.465 e. The first-order valence-electron chi connectivity index (χ1n) is 4.87. The molecule has 1 heterocycles. The lowest BCUT2D eigenvalue weighted by molar-refractivity contribution is -0.698. The predicted molar refractivity (Wildman–Crippen MR) is 53.0 cm³/mol. The number of rotatable bonds is 3. The normalized spacial score (nSPS) is 10.1. The minimum atomic E-state index is -0.631. The average Bonchev–Trinajstić information content (AvgIpc) is 2.16. The van der Waals surface area contributed by atoms with E-state index in [1.807, 2.05) is 6.92 Å². The molecule has 82 valence electrons. The summed E-state index contributed by atoms with van der Waals surface area (Å²) in [5.74, 6) is -1.16. The molecule has 0 fully saturated rings. The van der Waals surface area contributed by atoms with Crippen molar-refractivity contribution in [1.29, 1.82) is 0 Å². The fourth-order valence-electron chi connectivity index (χ4n) is 1.50. The Hall–Kier alpha value is -1.45. The van der Waals surface area contributed by atoms with E-state index in [0.29, 0.717) is 5.56 Å². The second kappa shape index (κ2) is 4.87. The minimum absolute atomic E-state index is 0.0184. The van der Waals surface area contributed by atoms with Crippen molar-refractivity contribution in [3.05, 3.63) is 29.3 Å². The van der Waals surface area contributed by atoms with Gasteiger partial charge in [0, 0.05) is 12.0 Å². The lowest BCUT2D eigenvalue weighted by atomic mass is 10.1. The molecule has 0 unspecified atom stereocenters. The van der Waals surface area contributed by atoms with Gasteiger partial charge in [0.2, 0.25) is 12.0 Å². The number of ether oxygens (including phenoxy) is 1. The van der Waals surface area contributed by atoms with E-state index in [-0.39, 0.29) is 5.56 Å². The van der Waals surface area contributed by atoms with Gasteiger partial charge in [-0.3, -0.25) is 0 Å². The van der Waals surface area contributed by atoms with Crippen LogP contribution in [0.25, 0.3) is 0 Å². The average molecular weight is 212 g/mol. The van der Waals surface area contributed by atoms with Gasteiger partial charge in [-0.05, 0) is 6.92 Å². The molecule has 1 rings (SSSR count). The Morgan fingerprint density at radius 1 is 1.53 bits per heavy atom. The Bertz CT molecular complexity index is 354. The van der Waals surface area contributed by atoms with Crippen molar-refractivity contribution in [3.8, 4) is 0 Å². The van der Waals surface area contributed by atoms with Gasteiger partial charge < -0.3 is 4.74 Å². The van der Waals surface area contributed by atoms with Crippen LogP contribution in [0.1, 0.15) is 29.3 Å². The van der Waals surface area contributed by atoms with E-state index in [2.05, 4.69) is 4.74 Å². The lowest BCUT2D eigenvalue weighted by Gasteiger charge is -2.04. The number of methoxy groups -OCH3 is 1. The highest BCUT2D eigenvalue weighted by Crippen LogP contribution is 2.11. The maximum absolute atomic E-state index is 13.6. The van der Waals surface area contributed by atoms with Crippen molar-refractivity contribution in [3.63, 3.8) is 0 Å². The second-order valence-electron chi connectivity index (χ2n) is 3.39. The zero-order valence-corrected chi connectivity index (χ0v) is 9.21. The number of carbonyl (C=O) groups is 1. The van der Waals surface area contributed by atoms with Crippen LogP contribution < -0.4 is 4.57 Å². The molecule has 0 aliphatic heterocycles. The van der Waals surface area contributed by atoms with Crippen LogP contribution in [-0.2, 0) is 11.3 Å². The molecule has 0 saturated carbocycles. The van der Waals surface area contributed by atoms with Gasteiger partial charge in [0.25, 0.3) is 0 Å². The maximum atomic E-state index is 13.6. The van der Waals surface area contributed by atoms with Gasteiger partial charge >= 0.3 is 5.97 Å². The zero-order valence-electron chi connectivity index (χ0n) is 9.21. The van der Waals surface area contributed by atoms with Gasteiger partial charge in [-0.2, -0.15) is 4.39 Å². The molecule has 0 aromatic carbocycles. The van der Waals surface area contributed by atoms with E-state index in [1.54, 1.807) is 17.7 Å². The maximum Gasteiger partial charge on any atom is 0.341 e. The fourth-order valence-corrected chi connectivity index (χ4v) is 1.50. The summed E-state index contributed by atoms with van der Waals surface area (Å²) < 4.78 is 19.8. The summed E-state index contributed by atoms with van der Waals surface area (Å²) in [6.07, 6.45) is 3.99. The topological polar surface area (TPSA) is 30.2 Å². The molecule has 0 aliphatic rings. The number of hydrogen-bond donors (Lipinski definition) is 0. The summed E-state index contributed by atoms with van der Waals surface area (Å²) in [6, 6.07) is 0. The Labute approximate surface area is 88.5 Å². The highest BCUT2D eigenvalue weighted by atomic mass is 19.1. The standard InChI is InChI=1S/C11H15FNO2/c1-4-5-13-6-8(2)10(9(12)7-13)11(14)15-3/h6-7H,4-5H2,1-3H3/q+1. The van der Waals surface area contributed by atoms with Gasteiger partial charge in [-0.25, -0.2) is 9.36 Å². The highest BCUT2D eigenvalue weighted by molar-refractivity contribution is 5.90. The van der Waals surface area contributed by atoms with Crippen LogP contribution in [0.3, 0.4) is 0 Å². The van der Waals surface area contributed by atoms with E-state index in [9.17, 15) is 9.18 Å². The van der Waals surface area contributed by atoms with E-state index in [1.165, 1.54) is 13.3 Å². The fraction of sp³-hybridized carbons (Fsp3) is 0.455. The van der Waals surface area contributed by atoms with E-state index >= 15 is 0 Å². The third kappa shape index (κ3) is 2.52. The van der Waals surface area contributed by atoms with Crippen LogP contribution in [0.4, 0.5) is 4.39 Å². The first-order chi connectivity index (χ1) is 7.10. The molecule has 3 nitrogen and oxygen atoms in total. The summed E-state index contributed by atoms with van der Waals surface area (Å²) in [5.41, 5.74) is 0.611. The molecule has 0 amide bonds. The van der Waals surface area contributed by atoms with Crippen LogP contribution in [0, 0.1) is 12.7 Å². The van der Waals surface area contributed by atoms with Crippen molar-refractivity contribution in [2.24, 2.45) is 0 Å². The summed E-state index contributed by atoms with van der Waals surface area (Å²) in [7, 11) is 1.24. The monoisotopic (exact) mass is 212 g/mol. The van der Waals surface area contributed by atoms with Crippen molar-refractivity contribution < 1.29 is 18.5 Å². The van der Waals surface area contributed by atoms with Crippen LogP contribution in [0.5, 0.6) is 0 Å². The number of pyridine rings is 1. The zero-order chi connectivity index (χ0) is 11.4. The molecule has 0 N–H and O–H groups in total. The van der Waals surface area contributed by atoms with E-state index < -0.39 is 11.8 Å². The molecule has 0 saturated heterocycles. The highest BCUT2D eigenvalue weighted by Gasteiger charge is 2.20. The first-order valence-corrected chi connectivity index (χ1v) is 4.87. The van der Waals surface area contributed by atoms with Gasteiger partial charge in [0.1, 0.15) is 12.1 Å². The van der Waals surface area contributed by atoms with Gasteiger partial charge in [-0.1, -0.05) is 6.92 Å². The molecule has 0 aliphatic carbocycles. The molecular weight excluding hydrogens is 197 g/mol. The molecule has 15 heavy (non-hydrogen) atoms. The molecule has 1 aromatic heterocycles. The second-order valence-corrected chi connectivity index (χ2v) is 3.39. The van der Waals surface area contributed by atoms with Crippen molar-refractivity contribution in [1.82, 2.24) is 0 Å². The Morgan fingerprint density at radius 3 is 2.67 bits per heavy atom. The van der Waals surface area contributed by atoms with Crippen molar-refractivity contribution in [2.75, 3.05) is 7.11 Å². The van der Waals surface area contributed by atoms with Crippen molar-refractivity contribution in [2.45, 2.75) is 26.8 Å². The summed E-state index contributed by atoms with van der Waals surface area (Å²) in [4.78, 5) is 11.3. The minimum Gasteiger partial charge on any atom is -0.465 e. The molecule has 0 bridgehead atoms. The molecule has 0 spiro atoms. The van der Waals surface area contributed by atoms with Crippen LogP contribution in [0.15, 0.2) is 12.4 Å². The van der Waals surface area contributed by atoms with Crippen molar-refractivity contribution >= 4 is 5.97 Å². The number of aryl methyl sites for hydroxylation is 2. The quantitative estimate of drug-likeness (QED) is 0.563. The smallest absolute Gasteiger partial charge is 0.341 e. The number of halogens is 1. The number of carbonyl (C=O) groups excluding carboxylic acids is 1. The summed E-state index contributed by atoms with van der Waals surface area (Å²) in [6.45, 7) is 4.44. The number of esters is 1. The first kappa shape index (κ1) is 11.6. The molecule has 0 atom stereocenters. The predicted octanol–water partition coefficient (Wildman–Crippen LogP) is 1.62. The van der Waals surface area contributed by atoms with E-state index in [4.69, 9.17) is 0 Å². The SMILES string of the molecule is CCC[n+]1cc(C)c(C(=O)OC)c(F)c1. The van der Waals surface area contributed by atoms with Crippen LogP contribution in [0.2, 0.25) is 0 Å².